The number of ketones is 1. The Labute approximate surface area is 139 Å². The van der Waals surface area contributed by atoms with Crippen LogP contribution in [0.25, 0.3) is 0 Å². The van der Waals surface area contributed by atoms with E-state index in [-0.39, 0.29) is 12.0 Å². The van der Waals surface area contributed by atoms with E-state index in [0.717, 1.165) is 43.9 Å². The van der Waals surface area contributed by atoms with Gasteiger partial charge in [0.05, 0.1) is 21.5 Å². The molecule has 1 aromatic carbocycles. The van der Waals surface area contributed by atoms with E-state index in [2.05, 4.69) is 6.92 Å². The molecule has 0 N–H and O–H groups in total. The van der Waals surface area contributed by atoms with Crippen LogP contribution >= 0.6 is 0 Å². The van der Waals surface area contributed by atoms with Crippen LogP contribution < -0.4 is 0 Å². The third-order valence-corrected chi connectivity index (χ3v) is 3.76. The van der Waals surface area contributed by atoms with Crippen molar-refractivity contribution in [1.29, 1.82) is 0 Å². The molecular formula is C16H20N2O6. The Morgan fingerprint density at radius 1 is 1.17 bits per heavy atom. The summed E-state index contributed by atoms with van der Waals surface area (Å²) in [7, 11) is 0. The summed E-state index contributed by atoms with van der Waals surface area (Å²) >= 11 is 0. The second-order valence-electron chi connectivity index (χ2n) is 5.59. The zero-order chi connectivity index (χ0) is 18.1. The van der Waals surface area contributed by atoms with E-state index >= 15 is 0 Å². The second-order valence-corrected chi connectivity index (χ2v) is 5.59. The fourth-order valence-electron chi connectivity index (χ4n) is 2.42. The van der Waals surface area contributed by atoms with Crippen molar-refractivity contribution in [2.45, 2.75) is 45.4 Å². The Morgan fingerprint density at radius 3 is 2.42 bits per heavy atom. The zero-order valence-corrected chi connectivity index (χ0v) is 13.5. The summed E-state index contributed by atoms with van der Waals surface area (Å²) in [6.07, 6.45) is 5.00. The molecule has 1 rings (SSSR count). The summed E-state index contributed by atoms with van der Waals surface area (Å²) in [6.45, 7) is 2.06. The molecule has 0 aliphatic carbocycles. The van der Waals surface area contributed by atoms with Gasteiger partial charge in [0.25, 0.3) is 11.4 Å². The maximum absolute atomic E-state index is 12.3. The Morgan fingerprint density at radius 2 is 1.88 bits per heavy atom. The third kappa shape index (κ3) is 5.53. The van der Waals surface area contributed by atoms with Gasteiger partial charge in [0.2, 0.25) is 0 Å². The molecule has 0 fully saturated rings. The predicted octanol–water partition coefficient (Wildman–Crippen LogP) is 3.86. The van der Waals surface area contributed by atoms with Gasteiger partial charge in [-0.3, -0.25) is 25.0 Å². The molecular weight excluding hydrogens is 316 g/mol. The summed E-state index contributed by atoms with van der Waals surface area (Å²) in [5.74, 6) is -1.05. The van der Waals surface area contributed by atoms with Crippen LogP contribution in [-0.4, -0.2) is 21.9 Å². The van der Waals surface area contributed by atoms with Gasteiger partial charge in [-0.25, -0.2) is 0 Å². The van der Waals surface area contributed by atoms with E-state index in [1.54, 1.807) is 0 Å². The summed E-state index contributed by atoms with van der Waals surface area (Å²) in [4.78, 5) is 43.6. The monoisotopic (exact) mass is 336 g/mol. The van der Waals surface area contributed by atoms with Crippen LogP contribution in [-0.2, 0) is 4.79 Å². The first-order valence-electron chi connectivity index (χ1n) is 7.82. The Balaban J connectivity index is 2.87. The number of hydrogen-bond acceptors (Lipinski definition) is 6. The van der Waals surface area contributed by atoms with Crippen LogP contribution in [0.3, 0.4) is 0 Å². The molecule has 8 nitrogen and oxygen atoms in total. The summed E-state index contributed by atoms with van der Waals surface area (Å²) in [6, 6.07) is 2.90. The molecule has 130 valence electrons. The molecule has 0 spiro atoms. The number of rotatable bonds is 11. The van der Waals surface area contributed by atoms with Crippen molar-refractivity contribution in [3.8, 4) is 0 Å². The number of Topliss-reactive ketones (excluding diaryl/α,β-unsaturated/α-hetero) is 1. The van der Waals surface area contributed by atoms with E-state index in [1.807, 2.05) is 0 Å². The van der Waals surface area contributed by atoms with Gasteiger partial charge < -0.3 is 4.79 Å². The van der Waals surface area contributed by atoms with E-state index < -0.39 is 32.9 Å². The molecule has 0 saturated carbocycles. The standard InChI is InChI=1S/C16H20N2O6/c1-2-3-4-5-6-12(11-19)9-16(20)14-8-7-13(17(21)22)10-15(14)18(23)24/h7-8,10-12H,2-6,9H2,1H3/t12-/m1/s1. The zero-order valence-electron chi connectivity index (χ0n) is 13.5. The van der Waals surface area contributed by atoms with Crippen molar-refractivity contribution in [3.05, 3.63) is 44.0 Å². The Bertz CT molecular complexity index is 629. The third-order valence-electron chi connectivity index (χ3n) is 3.76. The lowest BCUT2D eigenvalue weighted by molar-refractivity contribution is -0.394. The van der Waals surface area contributed by atoms with Crippen LogP contribution in [0.2, 0.25) is 0 Å². The number of benzene rings is 1. The number of nitro groups is 2. The smallest absolute Gasteiger partial charge is 0.287 e. The second kappa shape index (κ2) is 9.49. The predicted molar refractivity (Wildman–Crippen MR) is 87.0 cm³/mol. The summed E-state index contributed by atoms with van der Waals surface area (Å²) in [5, 5.41) is 21.8. The molecule has 0 radical (unpaired) electrons. The molecule has 0 saturated heterocycles. The fraction of sp³-hybridized carbons (Fsp3) is 0.500. The lowest BCUT2D eigenvalue weighted by Gasteiger charge is -2.09. The number of carbonyl (C=O) groups is 2. The highest BCUT2D eigenvalue weighted by molar-refractivity contribution is 6.01. The molecule has 1 atom stereocenters. The molecule has 8 heteroatoms. The minimum absolute atomic E-state index is 0.131. The lowest BCUT2D eigenvalue weighted by Crippen LogP contribution is -2.12. The van der Waals surface area contributed by atoms with Crippen LogP contribution in [0.5, 0.6) is 0 Å². The SMILES string of the molecule is CCCCCC[C@@H](C=O)CC(=O)c1ccc([N+](=O)[O-])cc1[N+](=O)[O-]. The van der Waals surface area contributed by atoms with Gasteiger partial charge in [-0.15, -0.1) is 0 Å². The first-order chi connectivity index (χ1) is 11.4. The van der Waals surface area contributed by atoms with Crippen molar-refractivity contribution in [2.24, 2.45) is 5.92 Å². The number of aldehydes is 1. The van der Waals surface area contributed by atoms with Crippen molar-refractivity contribution < 1.29 is 19.4 Å². The maximum atomic E-state index is 12.3. The number of unbranched alkanes of at least 4 members (excludes halogenated alkanes) is 3. The first kappa shape index (κ1) is 19.4. The topological polar surface area (TPSA) is 120 Å². The van der Waals surface area contributed by atoms with Gasteiger partial charge in [-0.2, -0.15) is 0 Å². The van der Waals surface area contributed by atoms with Gasteiger partial charge in [0.15, 0.2) is 5.78 Å². The number of carbonyl (C=O) groups excluding carboxylic acids is 2. The van der Waals surface area contributed by atoms with Crippen LogP contribution in [0.1, 0.15) is 55.8 Å². The Kier molecular flexibility index (Phi) is 7.67. The molecule has 1 aromatic rings. The average molecular weight is 336 g/mol. The normalized spacial score (nSPS) is 11.7. The highest BCUT2D eigenvalue weighted by atomic mass is 16.6. The van der Waals surface area contributed by atoms with Crippen molar-refractivity contribution in [3.63, 3.8) is 0 Å². The molecule has 0 heterocycles. The number of nitro benzene ring substituents is 2. The molecule has 0 aliphatic heterocycles. The number of non-ortho nitro benzene ring substituents is 1. The molecule has 0 unspecified atom stereocenters. The highest BCUT2D eigenvalue weighted by Crippen LogP contribution is 2.27. The van der Waals surface area contributed by atoms with E-state index in [0.29, 0.717) is 12.7 Å². The van der Waals surface area contributed by atoms with Crippen LogP contribution in [0, 0.1) is 26.1 Å². The minimum Gasteiger partial charge on any atom is -0.303 e. The molecule has 0 aliphatic rings. The van der Waals surface area contributed by atoms with Crippen molar-refractivity contribution in [1.82, 2.24) is 0 Å². The molecule has 0 amide bonds. The maximum Gasteiger partial charge on any atom is 0.287 e. The van der Waals surface area contributed by atoms with Gasteiger partial charge in [-0.1, -0.05) is 32.6 Å². The quantitative estimate of drug-likeness (QED) is 0.199. The Hall–Kier alpha value is -2.64. The highest BCUT2D eigenvalue weighted by Gasteiger charge is 2.25. The lowest BCUT2D eigenvalue weighted by atomic mass is 9.93. The summed E-state index contributed by atoms with van der Waals surface area (Å²) < 4.78 is 0. The number of nitrogens with zero attached hydrogens (tertiary/aromatic N) is 2. The molecule has 0 aromatic heterocycles. The van der Waals surface area contributed by atoms with Gasteiger partial charge in [0.1, 0.15) is 6.29 Å². The minimum atomic E-state index is -0.822. The average Bonchev–Trinajstić information content (AvgIpc) is 2.56. The number of hydrogen-bond donors (Lipinski definition) is 0. The first-order valence-corrected chi connectivity index (χ1v) is 7.82. The van der Waals surface area contributed by atoms with Gasteiger partial charge in [0, 0.05) is 18.4 Å². The van der Waals surface area contributed by atoms with Gasteiger partial charge >= 0.3 is 0 Å². The van der Waals surface area contributed by atoms with Crippen molar-refractivity contribution >= 4 is 23.4 Å². The van der Waals surface area contributed by atoms with E-state index in [4.69, 9.17) is 0 Å². The van der Waals surface area contributed by atoms with Crippen LogP contribution in [0.15, 0.2) is 18.2 Å². The van der Waals surface area contributed by atoms with Gasteiger partial charge in [-0.05, 0) is 12.5 Å². The molecule has 24 heavy (non-hydrogen) atoms. The van der Waals surface area contributed by atoms with E-state index in [9.17, 15) is 29.8 Å². The summed E-state index contributed by atoms with van der Waals surface area (Å²) in [5.41, 5.74) is -1.26. The molecule has 0 bridgehead atoms. The van der Waals surface area contributed by atoms with Crippen molar-refractivity contribution in [2.75, 3.05) is 0 Å². The van der Waals surface area contributed by atoms with E-state index in [1.165, 1.54) is 0 Å². The van der Waals surface area contributed by atoms with Crippen LogP contribution in [0.4, 0.5) is 11.4 Å². The largest absolute Gasteiger partial charge is 0.303 e. The fourth-order valence-corrected chi connectivity index (χ4v) is 2.42.